The van der Waals surface area contributed by atoms with Gasteiger partial charge in [0.15, 0.2) is 6.29 Å². The van der Waals surface area contributed by atoms with Crippen molar-refractivity contribution in [3.05, 3.63) is 24.3 Å². The standard InChI is InChI=1S/C40H74O9/c1-3-5-7-9-11-13-15-16-17-18-19-20-22-24-26-28-30-46-32-34(33-47-40-39(45)38(44)37(43)35(31-41)49-40)48-36(42)29-27-25-23-21-14-12-10-8-6-4-2/h8,10,16-17,34-35,37-41,43-45H,3-7,9,11-15,18-33H2,1-2H3/b10-8-,17-16-. The number of carbonyl (C=O) groups is 1. The van der Waals surface area contributed by atoms with E-state index in [1.807, 2.05) is 0 Å². The Labute approximate surface area is 298 Å². The van der Waals surface area contributed by atoms with Crippen molar-refractivity contribution >= 4 is 5.97 Å². The number of carbonyl (C=O) groups excluding carboxylic acids is 1. The molecule has 0 spiro atoms. The molecule has 4 N–H and O–H groups in total. The van der Waals surface area contributed by atoms with E-state index in [-0.39, 0.29) is 19.2 Å². The molecular weight excluding hydrogens is 624 g/mol. The lowest BCUT2D eigenvalue weighted by Crippen LogP contribution is -2.59. The predicted molar refractivity (Wildman–Crippen MR) is 196 cm³/mol. The fourth-order valence-corrected chi connectivity index (χ4v) is 5.90. The van der Waals surface area contributed by atoms with E-state index >= 15 is 0 Å². The Bertz CT molecular complexity index is 803. The summed E-state index contributed by atoms with van der Waals surface area (Å²) >= 11 is 0. The first-order valence-corrected chi connectivity index (χ1v) is 19.9. The predicted octanol–water partition coefficient (Wildman–Crippen LogP) is 7.86. The van der Waals surface area contributed by atoms with Crippen molar-refractivity contribution in [3.8, 4) is 0 Å². The van der Waals surface area contributed by atoms with E-state index in [0.717, 1.165) is 57.8 Å². The molecule has 1 saturated heterocycles. The highest BCUT2D eigenvalue weighted by atomic mass is 16.7. The molecule has 0 aromatic rings. The lowest BCUT2D eigenvalue weighted by molar-refractivity contribution is -0.305. The molecule has 1 fully saturated rings. The van der Waals surface area contributed by atoms with Gasteiger partial charge in [0.05, 0.1) is 19.8 Å². The smallest absolute Gasteiger partial charge is 0.306 e. The fourth-order valence-electron chi connectivity index (χ4n) is 5.90. The molecular formula is C40H74O9. The molecule has 6 atom stereocenters. The summed E-state index contributed by atoms with van der Waals surface area (Å²) in [7, 11) is 0. The number of allylic oxidation sites excluding steroid dienone is 4. The van der Waals surface area contributed by atoms with Gasteiger partial charge in [0.1, 0.15) is 30.5 Å². The molecule has 0 aliphatic carbocycles. The maximum atomic E-state index is 12.7. The molecule has 49 heavy (non-hydrogen) atoms. The first-order valence-electron chi connectivity index (χ1n) is 19.9. The van der Waals surface area contributed by atoms with Gasteiger partial charge in [0, 0.05) is 13.0 Å². The van der Waals surface area contributed by atoms with Gasteiger partial charge in [-0.05, 0) is 57.8 Å². The van der Waals surface area contributed by atoms with E-state index in [4.69, 9.17) is 18.9 Å². The number of rotatable bonds is 33. The van der Waals surface area contributed by atoms with Crippen molar-refractivity contribution in [2.45, 2.75) is 198 Å². The monoisotopic (exact) mass is 699 g/mol. The van der Waals surface area contributed by atoms with Crippen LogP contribution in [0.3, 0.4) is 0 Å². The average Bonchev–Trinajstić information content (AvgIpc) is 3.10. The van der Waals surface area contributed by atoms with E-state index in [9.17, 15) is 25.2 Å². The molecule has 0 amide bonds. The third-order valence-corrected chi connectivity index (χ3v) is 9.07. The summed E-state index contributed by atoms with van der Waals surface area (Å²) in [5.41, 5.74) is 0. The molecule has 0 saturated carbocycles. The van der Waals surface area contributed by atoms with Crippen molar-refractivity contribution in [1.82, 2.24) is 0 Å². The van der Waals surface area contributed by atoms with Crippen LogP contribution in [0.1, 0.15) is 162 Å². The summed E-state index contributed by atoms with van der Waals surface area (Å²) in [4.78, 5) is 12.7. The van der Waals surface area contributed by atoms with Gasteiger partial charge in [0.2, 0.25) is 0 Å². The molecule has 6 unspecified atom stereocenters. The molecule has 1 aliphatic heterocycles. The van der Waals surface area contributed by atoms with Crippen LogP contribution in [-0.4, -0.2) is 89.6 Å². The van der Waals surface area contributed by atoms with E-state index in [1.54, 1.807) is 0 Å². The van der Waals surface area contributed by atoms with Crippen LogP contribution in [0, 0.1) is 0 Å². The zero-order chi connectivity index (χ0) is 35.8. The number of hydrogen-bond donors (Lipinski definition) is 4. The Morgan fingerprint density at radius 1 is 0.633 bits per heavy atom. The molecule has 0 bridgehead atoms. The summed E-state index contributed by atoms with van der Waals surface area (Å²) in [6, 6.07) is 0. The average molecular weight is 699 g/mol. The molecule has 1 aliphatic rings. The van der Waals surface area contributed by atoms with Gasteiger partial charge in [-0.2, -0.15) is 0 Å². The van der Waals surface area contributed by atoms with Gasteiger partial charge in [-0.1, -0.05) is 122 Å². The number of aliphatic hydroxyl groups excluding tert-OH is 4. The van der Waals surface area contributed by atoms with E-state index in [1.165, 1.54) is 83.5 Å². The summed E-state index contributed by atoms with van der Waals surface area (Å²) in [6.07, 6.45) is 27.8. The van der Waals surface area contributed by atoms with Crippen molar-refractivity contribution in [3.63, 3.8) is 0 Å². The van der Waals surface area contributed by atoms with Gasteiger partial charge in [-0.3, -0.25) is 4.79 Å². The highest BCUT2D eigenvalue weighted by molar-refractivity contribution is 5.69. The van der Waals surface area contributed by atoms with Crippen LogP contribution in [0.4, 0.5) is 0 Å². The quantitative estimate of drug-likeness (QED) is 0.0307. The minimum atomic E-state index is -1.54. The zero-order valence-electron chi connectivity index (χ0n) is 31.2. The SMILES string of the molecule is CCC/C=C\CCCCCCCC(=O)OC(COCCCCCCCC/C=C\CCCCCCCC)COC1OC(CO)C(O)C(O)C1O. The van der Waals surface area contributed by atoms with Gasteiger partial charge >= 0.3 is 5.97 Å². The second kappa shape index (κ2) is 32.6. The summed E-state index contributed by atoms with van der Waals surface area (Å²) in [5, 5.41) is 39.9. The van der Waals surface area contributed by atoms with Crippen LogP contribution in [0.15, 0.2) is 24.3 Å². The van der Waals surface area contributed by atoms with Crippen LogP contribution in [0.5, 0.6) is 0 Å². The topological polar surface area (TPSA) is 135 Å². The minimum Gasteiger partial charge on any atom is -0.457 e. The van der Waals surface area contributed by atoms with E-state index in [2.05, 4.69) is 38.2 Å². The maximum Gasteiger partial charge on any atom is 0.306 e. The van der Waals surface area contributed by atoms with Crippen molar-refractivity contribution in [1.29, 1.82) is 0 Å². The van der Waals surface area contributed by atoms with Crippen LogP contribution in [0.2, 0.25) is 0 Å². The van der Waals surface area contributed by atoms with Crippen LogP contribution >= 0.6 is 0 Å². The first kappa shape index (κ1) is 45.7. The summed E-state index contributed by atoms with van der Waals surface area (Å²) in [6.45, 7) is 4.46. The Balaban J connectivity index is 2.30. The van der Waals surface area contributed by atoms with Gasteiger partial charge in [-0.15, -0.1) is 0 Å². The second-order valence-electron chi connectivity index (χ2n) is 13.7. The summed E-state index contributed by atoms with van der Waals surface area (Å²) < 4.78 is 22.7. The Hall–Kier alpha value is -1.33. The molecule has 0 aromatic carbocycles. The molecule has 1 heterocycles. The third kappa shape index (κ3) is 24.5. The first-order chi connectivity index (χ1) is 23.9. The van der Waals surface area contributed by atoms with E-state index in [0.29, 0.717) is 13.0 Å². The highest BCUT2D eigenvalue weighted by Gasteiger charge is 2.44. The zero-order valence-corrected chi connectivity index (χ0v) is 31.2. The van der Waals surface area contributed by atoms with Crippen LogP contribution in [-0.2, 0) is 23.7 Å². The normalized spacial score (nSPS) is 22.0. The summed E-state index contributed by atoms with van der Waals surface area (Å²) in [5.74, 6) is -0.328. The lowest BCUT2D eigenvalue weighted by atomic mass is 9.99. The Kier molecular flexibility index (Phi) is 30.4. The third-order valence-electron chi connectivity index (χ3n) is 9.07. The largest absolute Gasteiger partial charge is 0.457 e. The van der Waals surface area contributed by atoms with Crippen molar-refractivity contribution < 1.29 is 44.2 Å². The molecule has 0 aromatic heterocycles. The van der Waals surface area contributed by atoms with Gasteiger partial charge < -0.3 is 39.4 Å². The minimum absolute atomic E-state index is 0.118. The molecule has 288 valence electrons. The highest BCUT2D eigenvalue weighted by Crippen LogP contribution is 2.22. The Morgan fingerprint density at radius 2 is 1.16 bits per heavy atom. The van der Waals surface area contributed by atoms with Crippen LogP contribution < -0.4 is 0 Å². The van der Waals surface area contributed by atoms with E-state index < -0.39 is 43.4 Å². The number of hydrogen-bond acceptors (Lipinski definition) is 9. The maximum absolute atomic E-state index is 12.7. The lowest BCUT2D eigenvalue weighted by Gasteiger charge is -2.39. The number of ether oxygens (including phenoxy) is 4. The molecule has 0 radical (unpaired) electrons. The Morgan fingerprint density at radius 3 is 1.73 bits per heavy atom. The number of aliphatic hydroxyl groups is 4. The number of unbranched alkanes of at least 4 members (excludes halogenated alkanes) is 18. The molecule has 1 rings (SSSR count). The molecule has 9 nitrogen and oxygen atoms in total. The van der Waals surface area contributed by atoms with Gasteiger partial charge in [0.25, 0.3) is 0 Å². The van der Waals surface area contributed by atoms with Crippen LogP contribution in [0.25, 0.3) is 0 Å². The number of esters is 1. The van der Waals surface area contributed by atoms with Crippen molar-refractivity contribution in [2.24, 2.45) is 0 Å². The second-order valence-corrected chi connectivity index (χ2v) is 13.7. The molecule has 9 heteroatoms. The fraction of sp³-hybridized carbons (Fsp3) is 0.875. The van der Waals surface area contributed by atoms with Crippen molar-refractivity contribution in [2.75, 3.05) is 26.4 Å². The van der Waals surface area contributed by atoms with Gasteiger partial charge in [-0.25, -0.2) is 0 Å².